The van der Waals surface area contributed by atoms with E-state index in [1.807, 2.05) is 54.6 Å². The molecule has 1 spiro atoms. The van der Waals surface area contributed by atoms with Crippen molar-refractivity contribution in [1.29, 1.82) is 0 Å². The first kappa shape index (κ1) is 18.8. The maximum atomic E-state index is 13.8. The van der Waals surface area contributed by atoms with Crippen molar-refractivity contribution in [3.8, 4) is 0 Å². The van der Waals surface area contributed by atoms with Crippen LogP contribution in [0, 0.1) is 11.8 Å². The summed E-state index contributed by atoms with van der Waals surface area (Å²) in [5.74, 6) is -1.77. The summed E-state index contributed by atoms with van der Waals surface area (Å²) in [5, 5.41) is 6.48. The van der Waals surface area contributed by atoms with Gasteiger partial charge in [0, 0.05) is 23.3 Å². The van der Waals surface area contributed by atoms with Crippen LogP contribution in [0.5, 0.6) is 0 Å². The molecule has 158 valence electrons. The predicted molar refractivity (Wildman–Crippen MR) is 115 cm³/mol. The number of rotatable bonds is 3. The molecule has 6 rings (SSSR count). The van der Waals surface area contributed by atoms with Crippen LogP contribution in [0.15, 0.2) is 54.6 Å². The van der Waals surface area contributed by atoms with E-state index in [0.29, 0.717) is 6.42 Å². The van der Waals surface area contributed by atoms with Crippen LogP contribution in [-0.4, -0.2) is 34.7 Å². The molecule has 1 aliphatic carbocycles. The number of fused-ring (bicyclic) bond motifs is 4. The highest BCUT2D eigenvalue weighted by molar-refractivity contribution is 6.15. The molecule has 31 heavy (non-hydrogen) atoms. The lowest BCUT2D eigenvalue weighted by Gasteiger charge is -2.31. The third kappa shape index (κ3) is 2.51. The highest BCUT2D eigenvalue weighted by Crippen LogP contribution is 2.54. The van der Waals surface area contributed by atoms with E-state index >= 15 is 0 Å². The van der Waals surface area contributed by atoms with Gasteiger partial charge < -0.3 is 5.32 Å². The second-order valence-corrected chi connectivity index (χ2v) is 9.24. The van der Waals surface area contributed by atoms with Crippen molar-refractivity contribution in [2.75, 3.05) is 5.32 Å². The average Bonchev–Trinajstić information content (AvgIpc) is 3.52. The largest absolute Gasteiger partial charge is 0.324 e. The van der Waals surface area contributed by atoms with Gasteiger partial charge in [-0.2, -0.15) is 0 Å². The van der Waals surface area contributed by atoms with E-state index < -0.39 is 17.4 Å². The smallest absolute Gasteiger partial charge is 0.250 e. The van der Waals surface area contributed by atoms with Crippen LogP contribution in [0.3, 0.4) is 0 Å². The van der Waals surface area contributed by atoms with Gasteiger partial charge in [0.2, 0.25) is 17.7 Å². The number of carbonyl (C=O) groups is 3. The van der Waals surface area contributed by atoms with Crippen molar-refractivity contribution in [2.24, 2.45) is 11.8 Å². The van der Waals surface area contributed by atoms with Gasteiger partial charge >= 0.3 is 0 Å². The lowest BCUT2D eigenvalue weighted by atomic mass is 9.76. The molecule has 3 aliphatic heterocycles. The number of para-hydroxylation sites is 1. The molecule has 3 fully saturated rings. The zero-order valence-corrected chi connectivity index (χ0v) is 17.2. The lowest BCUT2D eigenvalue weighted by molar-refractivity contribution is -0.145. The molecule has 1 saturated carbocycles. The molecule has 2 aromatic carbocycles. The topological polar surface area (TPSA) is 78.5 Å². The van der Waals surface area contributed by atoms with Gasteiger partial charge in [-0.15, -0.1) is 0 Å². The van der Waals surface area contributed by atoms with Crippen LogP contribution in [0.25, 0.3) is 0 Å². The number of hydrogen-bond donors (Lipinski definition) is 2. The van der Waals surface area contributed by atoms with Gasteiger partial charge in [-0.25, -0.2) is 0 Å². The van der Waals surface area contributed by atoms with Gasteiger partial charge in [0.1, 0.15) is 5.54 Å². The normalized spacial score (nSPS) is 32.1. The Kier molecular flexibility index (Phi) is 4.09. The summed E-state index contributed by atoms with van der Waals surface area (Å²) in [6.07, 6.45) is 4.40. The molecular formula is C25H25N3O3. The van der Waals surface area contributed by atoms with Gasteiger partial charge in [-0.05, 0) is 30.9 Å². The Balaban J connectivity index is 1.47. The van der Waals surface area contributed by atoms with Gasteiger partial charge in [0.05, 0.1) is 11.8 Å². The predicted octanol–water partition coefficient (Wildman–Crippen LogP) is 2.59. The fourth-order valence-corrected chi connectivity index (χ4v) is 6.35. The molecular weight excluding hydrogens is 390 g/mol. The molecule has 2 N–H and O–H groups in total. The zero-order chi connectivity index (χ0) is 21.2. The summed E-state index contributed by atoms with van der Waals surface area (Å²) in [7, 11) is 0. The Morgan fingerprint density at radius 3 is 2.39 bits per heavy atom. The number of anilines is 1. The molecule has 3 amide bonds. The summed E-state index contributed by atoms with van der Waals surface area (Å²) in [4.78, 5) is 42.4. The molecule has 3 heterocycles. The van der Waals surface area contributed by atoms with Gasteiger partial charge in [-0.1, -0.05) is 61.4 Å². The Hall–Kier alpha value is -2.99. The fourth-order valence-electron chi connectivity index (χ4n) is 6.35. The van der Waals surface area contributed by atoms with E-state index in [1.54, 1.807) is 0 Å². The number of carbonyl (C=O) groups excluding carboxylic acids is 3. The summed E-state index contributed by atoms with van der Waals surface area (Å²) in [6, 6.07) is 17.2. The fraction of sp³-hybridized carbons (Fsp3) is 0.400. The van der Waals surface area contributed by atoms with Crippen molar-refractivity contribution in [1.82, 2.24) is 10.2 Å². The van der Waals surface area contributed by atoms with Gasteiger partial charge in [0.25, 0.3) is 0 Å². The van der Waals surface area contributed by atoms with E-state index in [-0.39, 0.29) is 29.8 Å². The van der Waals surface area contributed by atoms with Crippen LogP contribution >= 0.6 is 0 Å². The summed E-state index contributed by atoms with van der Waals surface area (Å²) in [5.41, 5.74) is 1.39. The molecule has 4 atom stereocenters. The summed E-state index contributed by atoms with van der Waals surface area (Å²) in [6.45, 7) is 0. The SMILES string of the molecule is O=C1[C@@H]2C(Cc3ccccc3)NC3(C(=O)Nc4ccccc43)[C@@H]2C(=O)N1C1CCCC1. The minimum atomic E-state index is -1.19. The number of hydrogen-bond acceptors (Lipinski definition) is 4. The number of nitrogens with zero attached hydrogens (tertiary/aromatic N) is 1. The average molecular weight is 415 g/mol. The van der Waals surface area contributed by atoms with Gasteiger partial charge in [-0.3, -0.25) is 24.6 Å². The highest BCUT2D eigenvalue weighted by atomic mass is 16.2. The quantitative estimate of drug-likeness (QED) is 0.756. The summed E-state index contributed by atoms with van der Waals surface area (Å²) >= 11 is 0. The van der Waals surface area contributed by atoms with Crippen molar-refractivity contribution in [2.45, 2.75) is 49.7 Å². The molecule has 6 nitrogen and oxygen atoms in total. The van der Waals surface area contributed by atoms with E-state index in [0.717, 1.165) is 42.5 Å². The van der Waals surface area contributed by atoms with Crippen molar-refractivity contribution >= 4 is 23.4 Å². The number of amides is 3. The monoisotopic (exact) mass is 415 g/mol. The first-order chi connectivity index (χ1) is 15.1. The maximum absolute atomic E-state index is 13.8. The minimum absolute atomic E-state index is 0.0280. The highest BCUT2D eigenvalue weighted by Gasteiger charge is 2.70. The molecule has 2 saturated heterocycles. The van der Waals surface area contributed by atoms with Crippen molar-refractivity contribution < 1.29 is 14.4 Å². The molecule has 0 radical (unpaired) electrons. The number of nitrogens with one attached hydrogen (secondary N) is 2. The standard InChI is InChI=1S/C25H25N3O3/c29-22-20-19(14-15-8-2-1-3-9-15)27-25(17-12-6-7-13-18(17)26-24(25)31)21(20)23(30)28(22)16-10-4-5-11-16/h1-3,6-9,12-13,16,19-21,27H,4-5,10-11,14H2,(H,26,31)/t19?,20-,21+,25?/m1/s1. The molecule has 0 aromatic heterocycles. The van der Waals surface area contributed by atoms with Crippen LogP contribution in [0.4, 0.5) is 5.69 Å². The first-order valence-corrected chi connectivity index (χ1v) is 11.2. The van der Waals surface area contributed by atoms with Crippen LogP contribution in [0.1, 0.15) is 36.8 Å². The van der Waals surface area contributed by atoms with Gasteiger partial charge in [0.15, 0.2) is 0 Å². The second-order valence-electron chi connectivity index (χ2n) is 9.24. The summed E-state index contributed by atoms with van der Waals surface area (Å²) < 4.78 is 0. The molecule has 2 aromatic rings. The third-order valence-electron chi connectivity index (χ3n) is 7.64. The van der Waals surface area contributed by atoms with Crippen LogP contribution < -0.4 is 10.6 Å². The van der Waals surface area contributed by atoms with Crippen molar-refractivity contribution in [3.05, 3.63) is 65.7 Å². The van der Waals surface area contributed by atoms with E-state index in [1.165, 1.54) is 4.90 Å². The molecule has 4 aliphatic rings. The first-order valence-electron chi connectivity index (χ1n) is 11.2. The minimum Gasteiger partial charge on any atom is -0.324 e. The number of likely N-dealkylation sites (tertiary alicyclic amines) is 1. The Bertz CT molecular complexity index is 1080. The molecule has 6 heteroatoms. The molecule has 0 bridgehead atoms. The Morgan fingerprint density at radius 1 is 0.903 bits per heavy atom. The Morgan fingerprint density at radius 2 is 1.61 bits per heavy atom. The lowest BCUT2D eigenvalue weighted by Crippen LogP contribution is -2.54. The van der Waals surface area contributed by atoms with Crippen molar-refractivity contribution in [3.63, 3.8) is 0 Å². The van der Waals surface area contributed by atoms with E-state index in [9.17, 15) is 14.4 Å². The Labute approximate surface area is 181 Å². The number of imide groups is 1. The zero-order valence-electron chi connectivity index (χ0n) is 17.2. The third-order valence-corrected chi connectivity index (χ3v) is 7.64. The molecule has 2 unspecified atom stereocenters. The van der Waals surface area contributed by atoms with Crippen LogP contribution in [0.2, 0.25) is 0 Å². The van der Waals surface area contributed by atoms with Crippen LogP contribution in [-0.2, 0) is 26.3 Å². The van der Waals surface area contributed by atoms with E-state index in [2.05, 4.69) is 10.6 Å². The van der Waals surface area contributed by atoms with E-state index in [4.69, 9.17) is 0 Å². The number of benzene rings is 2. The maximum Gasteiger partial charge on any atom is 0.250 e. The second kappa shape index (κ2) is 6.76.